The number of methoxy groups -OCH3 is 2. The third-order valence-corrected chi connectivity index (χ3v) is 5.75. The third kappa shape index (κ3) is 5.16. The lowest BCUT2D eigenvalue weighted by Gasteiger charge is -2.16. The zero-order valence-electron chi connectivity index (χ0n) is 19.6. The number of aryl methyl sites for hydroxylation is 1. The summed E-state index contributed by atoms with van der Waals surface area (Å²) in [5, 5.41) is 4.32. The van der Waals surface area contributed by atoms with Crippen molar-refractivity contribution in [2.24, 2.45) is 0 Å². The molecule has 0 fully saturated rings. The Balaban J connectivity index is 1.68. The van der Waals surface area contributed by atoms with Crippen molar-refractivity contribution in [2.45, 2.75) is 38.9 Å². The van der Waals surface area contributed by atoms with Crippen molar-refractivity contribution in [1.82, 2.24) is 19.3 Å². The summed E-state index contributed by atoms with van der Waals surface area (Å²) in [7, 11) is 2.81. The summed E-state index contributed by atoms with van der Waals surface area (Å²) in [5.41, 5.74) is 4.32. The van der Waals surface area contributed by atoms with Gasteiger partial charge in [0.05, 0.1) is 37.1 Å². The third-order valence-electron chi connectivity index (χ3n) is 5.75. The second-order valence-electron chi connectivity index (χ2n) is 8.02. The number of benzene rings is 2. The fraction of sp³-hybridized carbons (Fsp3) is 0.320. The van der Waals surface area contributed by atoms with E-state index in [0.29, 0.717) is 5.69 Å². The Morgan fingerprint density at radius 1 is 1.06 bits per heavy atom. The van der Waals surface area contributed by atoms with Gasteiger partial charge >= 0.3 is 6.18 Å². The van der Waals surface area contributed by atoms with Crippen LogP contribution in [-0.2, 0) is 6.54 Å². The van der Waals surface area contributed by atoms with E-state index in [0.717, 1.165) is 28.7 Å². The SMILES string of the molecule is CCn1cc(-c2ccc3c(c2)ncn3-c2cc(OC)c(C(=O)CCCC(F)(F)F)c(OC)c2)cn1. The Kier molecular flexibility index (Phi) is 6.81. The first-order valence-electron chi connectivity index (χ1n) is 11.1. The quantitative estimate of drug-likeness (QED) is 0.278. The van der Waals surface area contributed by atoms with E-state index in [1.807, 2.05) is 46.8 Å². The molecule has 10 heteroatoms. The highest BCUT2D eigenvalue weighted by atomic mass is 19.4. The first kappa shape index (κ1) is 24.3. The minimum absolute atomic E-state index is 0.126. The van der Waals surface area contributed by atoms with Crippen LogP contribution in [0, 0.1) is 0 Å². The molecule has 0 atom stereocenters. The minimum atomic E-state index is -4.31. The monoisotopic (exact) mass is 486 g/mol. The molecule has 0 aliphatic heterocycles. The summed E-state index contributed by atoms with van der Waals surface area (Å²) >= 11 is 0. The van der Waals surface area contributed by atoms with Gasteiger partial charge < -0.3 is 9.47 Å². The smallest absolute Gasteiger partial charge is 0.389 e. The van der Waals surface area contributed by atoms with Gasteiger partial charge in [0, 0.05) is 43.3 Å². The van der Waals surface area contributed by atoms with Crippen LogP contribution < -0.4 is 9.47 Å². The summed E-state index contributed by atoms with van der Waals surface area (Å²) in [4.78, 5) is 17.3. The normalized spacial score (nSPS) is 11.7. The van der Waals surface area contributed by atoms with Crippen molar-refractivity contribution in [3.05, 3.63) is 54.6 Å². The van der Waals surface area contributed by atoms with E-state index >= 15 is 0 Å². The van der Waals surface area contributed by atoms with Gasteiger partial charge in [-0.05, 0) is 31.0 Å². The topological polar surface area (TPSA) is 71.2 Å². The second-order valence-corrected chi connectivity index (χ2v) is 8.02. The number of carbonyl (C=O) groups excluding carboxylic acids is 1. The van der Waals surface area contributed by atoms with Gasteiger partial charge in [-0.3, -0.25) is 14.0 Å². The molecule has 4 rings (SSSR count). The lowest BCUT2D eigenvalue weighted by atomic mass is 10.0. The van der Waals surface area contributed by atoms with Crippen LogP contribution in [0.2, 0.25) is 0 Å². The number of ketones is 1. The number of carbonyl (C=O) groups is 1. The zero-order valence-corrected chi connectivity index (χ0v) is 19.6. The molecule has 4 aromatic rings. The van der Waals surface area contributed by atoms with Crippen LogP contribution in [0.4, 0.5) is 13.2 Å². The minimum Gasteiger partial charge on any atom is -0.496 e. The maximum atomic E-state index is 12.7. The summed E-state index contributed by atoms with van der Waals surface area (Å²) in [6, 6.07) is 9.19. The van der Waals surface area contributed by atoms with Crippen LogP contribution in [0.3, 0.4) is 0 Å². The molecule has 35 heavy (non-hydrogen) atoms. The Morgan fingerprint density at radius 3 is 2.37 bits per heavy atom. The lowest BCUT2D eigenvalue weighted by molar-refractivity contribution is -0.135. The van der Waals surface area contributed by atoms with Crippen molar-refractivity contribution in [2.75, 3.05) is 14.2 Å². The van der Waals surface area contributed by atoms with Gasteiger partial charge in [-0.2, -0.15) is 18.3 Å². The molecule has 0 aliphatic carbocycles. The Morgan fingerprint density at radius 2 is 1.77 bits per heavy atom. The summed E-state index contributed by atoms with van der Waals surface area (Å²) < 4.78 is 52.0. The van der Waals surface area contributed by atoms with Crippen LogP contribution >= 0.6 is 0 Å². The van der Waals surface area contributed by atoms with Gasteiger partial charge in [-0.15, -0.1) is 0 Å². The fourth-order valence-electron chi connectivity index (χ4n) is 3.97. The molecule has 0 spiro atoms. The second kappa shape index (κ2) is 9.81. The predicted molar refractivity (Wildman–Crippen MR) is 125 cm³/mol. The van der Waals surface area contributed by atoms with E-state index in [1.54, 1.807) is 18.5 Å². The molecular weight excluding hydrogens is 461 g/mol. The van der Waals surface area contributed by atoms with Crippen molar-refractivity contribution in [3.63, 3.8) is 0 Å². The Labute approximate surface area is 200 Å². The van der Waals surface area contributed by atoms with Gasteiger partial charge in [0.1, 0.15) is 23.4 Å². The number of rotatable bonds is 9. The van der Waals surface area contributed by atoms with Crippen LogP contribution in [0.1, 0.15) is 36.5 Å². The Hall–Kier alpha value is -3.82. The number of alkyl halides is 3. The van der Waals surface area contributed by atoms with Crippen LogP contribution in [-0.4, -0.2) is 45.5 Å². The Bertz CT molecular complexity index is 1330. The van der Waals surface area contributed by atoms with Gasteiger partial charge in [-0.25, -0.2) is 4.98 Å². The summed E-state index contributed by atoms with van der Waals surface area (Å²) in [6.45, 7) is 2.80. The molecule has 0 saturated carbocycles. The lowest BCUT2D eigenvalue weighted by Crippen LogP contribution is -2.10. The van der Waals surface area contributed by atoms with Crippen LogP contribution in [0.5, 0.6) is 11.5 Å². The van der Waals surface area contributed by atoms with Crippen LogP contribution in [0.25, 0.3) is 27.8 Å². The number of nitrogens with zero attached hydrogens (tertiary/aromatic N) is 4. The van der Waals surface area contributed by atoms with Crippen molar-refractivity contribution in [1.29, 1.82) is 0 Å². The largest absolute Gasteiger partial charge is 0.496 e. The number of ether oxygens (including phenoxy) is 2. The standard InChI is InChI=1S/C25H25F3N4O3/c1-4-31-14-17(13-30-31)16-7-8-20-19(10-16)29-15-32(20)18-11-22(34-2)24(23(12-18)35-3)21(33)6-5-9-25(26,27)28/h7-8,10-15H,4-6,9H2,1-3H3. The summed E-state index contributed by atoms with van der Waals surface area (Å²) in [5.74, 6) is -0.0223. The van der Waals surface area contributed by atoms with Crippen LogP contribution in [0.15, 0.2) is 49.1 Å². The first-order chi connectivity index (χ1) is 16.7. The molecule has 2 aromatic heterocycles. The molecule has 0 N–H and O–H groups in total. The molecular formula is C25H25F3N4O3. The highest BCUT2D eigenvalue weighted by Gasteiger charge is 2.28. The van der Waals surface area contributed by atoms with E-state index in [4.69, 9.17) is 9.47 Å². The van der Waals surface area contributed by atoms with E-state index < -0.39 is 18.4 Å². The van der Waals surface area contributed by atoms with Crippen molar-refractivity contribution >= 4 is 16.8 Å². The van der Waals surface area contributed by atoms with Gasteiger partial charge in [0.25, 0.3) is 0 Å². The fourth-order valence-corrected chi connectivity index (χ4v) is 3.97. The van der Waals surface area contributed by atoms with Gasteiger partial charge in [0.15, 0.2) is 5.78 Å². The molecule has 0 unspecified atom stereocenters. The molecule has 0 amide bonds. The van der Waals surface area contributed by atoms with Gasteiger partial charge in [0.2, 0.25) is 0 Å². The molecule has 0 saturated heterocycles. The van der Waals surface area contributed by atoms with Crippen molar-refractivity contribution in [3.8, 4) is 28.3 Å². The highest BCUT2D eigenvalue weighted by molar-refractivity contribution is 6.01. The average Bonchev–Trinajstić information content (AvgIpc) is 3.49. The maximum Gasteiger partial charge on any atom is 0.389 e. The predicted octanol–water partition coefficient (Wildman–Crippen LogP) is 5.84. The molecule has 0 aliphatic rings. The number of hydrogen-bond acceptors (Lipinski definition) is 5. The molecule has 0 radical (unpaired) electrons. The number of halogens is 3. The van der Waals surface area contributed by atoms with E-state index in [-0.39, 0.29) is 29.9 Å². The van der Waals surface area contributed by atoms with Crippen molar-refractivity contribution < 1.29 is 27.4 Å². The molecule has 2 aromatic carbocycles. The number of hydrogen-bond donors (Lipinski definition) is 0. The number of fused-ring (bicyclic) bond motifs is 1. The molecule has 0 bridgehead atoms. The van der Waals surface area contributed by atoms with Gasteiger partial charge in [-0.1, -0.05) is 6.07 Å². The number of aromatic nitrogens is 4. The average molecular weight is 486 g/mol. The molecule has 2 heterocycles. The number of imidazole rings is 1. The maximum absolute atomic E-state index is 12.7. The van der Waals surface area contributed by atoms with E-state index in [9.17, 15) is 18.0 Å². The number of Topliss-reactive ketones (excluding diaryl/α,β-unsaturated/α-hetero) is 1. The summed E-state index contributed by atoms with van der Waals surface area (Å²) in [6.07, 6.45) is -0.469. The molecule has 184 valence electrons. The zero-order chi connectivity index (χ0) is 25.2. The molecule has 7 nitrogen and oxygen atoms in total. The first-order valence-corrected chi connectivity index (χ1v) is 11.1. The highest BCUT2D eigenvalue weighted by Crippen LogP contribution is 2.35. The van der Waals surface area contributed by atoms with E-state index in [1.165, 1.54) is 14.2 Å². The van der Waals surface area contributed by atoms with E-state index in [2.05, 4.69) is 10.1 Å².